The Morgan fingerprint density at radius 2 is 2.16 bits per heavy atom. The van der Waals surface area contributed by atoms with Gasteiger partial charge in [0.15, 0.2) is 0 Å². The summed E-state index contributed by atoms with van der Waals surface area (Å²) in [5.74, 6) is 1.85. The van der Waals surface area contributed by atoms with Gasteiger partial charge in [-0.25, -0.2) is 0 Å². The van der Waals surface area contributed by atoms with E-state index in [1.54, 1.807) is 0 Å². The monoisotopic (exact) mass is 267 g/mol. The van der Waals surface area contributed by atoms with Crippen LogP contribution in [0.15, 0.2) is 6.07 Å². The second kappa shape index (κ2) is 7.78. The maximum absolute atomic E-state index is 5.73. The van der Waals surface area contributed by atoms with Gasteiger partial charge in [0.05, 0.1) is 12.7 Å². The Morgan fingerprint density at radius 1 is 1.42 bits per heavy atom. The van der Waals surface area contributed by atoms with Crippen molar-refractivity contribution in [2.75, 3.05) is 42.7 Å². The zero-order valence-corrected chi connectivity index (χ0v) is 12.3. The molecule has 0 fully saturated rings. The fourth-order valence-corrected chi connectivity index (χ4v) is 1.53. The topological polar surface area (TPSA) is 76.3 Å². The Labute approximate surface area is 115 Å². The van der Waals surface area contributed by atoms with E-state index in [9.17, 15) is 0 Å². The van der Waals surface area contributed by atoms with Crippen molar-refractivity contribution < 1.29 is 4.74 Å². The van der Waals surface area contributed by atoms with E-state index < -0.39 is 0 Å². The van der Waals surface area contributed by atoms with Gasteiger partial charge in [-0.1, -0.05) is 6.92 Å². The molecule has 0 aromatic carbocycles. The molecule has 3 N–H and O–H groups in total. The molecule has 108 valence electrons. The van der Waals surface area contributed by atoms with Crippen molar-refractivity contribution in [2.45, 2.75) is 33.3 Å². The molecule has 0 spiro atoms. The van der Waals surface area contributed by atoms with Gasteiger partial charge >= 0.3 is 0 Å². The molecular weight excluding hydrogens is 242 g/mol. The third kappa shape index (κ3) is 5.74. The van der Waals surface area contributed by atoms with Crippen LogP contribution >= 0.6 is 0 Å². The van der Waals surface area contributed by atoms with Gasteiger partial charge in [-0.15, -0.1) is 0 Å². The number of rotatable bonds is 8. The van der Waals surface area contributed by atoms with Gasteiger partial charge in [0.1, 0.15) is 11.6 Å². The number of anilines is 3. The second-order valence-electron chi connectivity index (χ2n) is 4.74. The van der Waals surface area contributed by atoms with Crippen molar-refractivity contribution in [3.63, 3.8) is 0 Å². The van der Waals surface area contributed by atoms with Crippen LogP contribution in [-0.2, 0) is 4.74 Å². The number of nitrogens with one attached hydrogen (secondary N) is 1. The average molecular weight is 267 g/mol. The lowest BCUT2D eigenvalue weighted by molar-refractivity contribution is 0.0845. The first-order valence-electron chi connectivity index (χ1n) is 6.74. The average Bonchev–Trinajstić information content (AvgIpc) is 2.35. The van der Waals surface area contributed by atoms with Gasteiger partial charge in [-0.3, -0.25) is 0 Å². The summed E-state index contributed by atoms with van der Waals surface area (Å²) in [4.78, 5) is 10.4. The van der Waals surface area contributed by atoms with Crippen molar-refractivity contribution in [1.29, 1.82) is 0 Å². The number of aromatic nitrogens is 2. The van der Waals surface area contributed by atoms with Crippen LogP contribution in [0.3, 0.4) is 0 Å². The standard InChI is InChI=1S/C13H25N5O/c1-5-6-15-11-9-12(17-13(14)16-11)18(4)7-8-19-10(2)3/h9-10H,5-8H2,1-4H3,(H3,14,15,16,17). The lowest BCUT2D eigenvalue weighted by Crippen LogP contribution is -2.25. The Morgan fingerprint density at radius 3 is 2.79 bits per heavy atom. The van der Waals surface area contributed by atoms with E-state index in [1.165, 1.54) is 0 Å². The van der Waals surface area contributed by atoms with Gasteiger partial charge in [0.2, 0.25) is 5.95 Å². The van der Waals surface area contributed by atoms with E-state index in [2.05, 4.69) is 22.2 Å². The third-order valence-electron chi connectivity index (χ3n) is 2.56. The Kier molecular flexibility index (Phi) is 6.35. The third-order valence-corrected chi connectivity index (χ3v) is 2.56. The molecule has 1 rings (SSSR count). The number of likely N-dealkylation sites (N-methyl/N-ethyl adjacent to an activating group) is 1. The first-order chi connectivity index (χ1) is 9.02. The molecule has 0 aliphatic carbocycles. The van der Waals surface area contributed by atoms with E-state index in [0.29, 0.717) is 6.61 Å². The van der Waals surface area contributed by atoms with Crippen LogP contribution in [0.5, 0.6) is 0 Å². The molecule has 0 radical (unpaired) electrons. The highest BCUT2D eigenvalue weighted by atomic mass is 16.5. The van der Waals surface area contributed by atoms with E-state index >= 15 is 0 Å². The molecule has 1 aromatic heterocycles. The lowest BCUT2D eigenvalue weighted by atomic mass is 10.4. The molecule has 0 saturated carbocycles. The number of nitrogens with zero attached hydrogens (tertiary/aromatic N) is 3. The van der Waals surface area contributed by atoms with Gasteiger partial charge < -0.3 is 20.7 Å². The molecule has 0 bridgehead atoms. The number of ether oxygens (including phenoxy) is 1. The van der Waals surface area contributed by atoms with Crippen LogP contribution in [0.1, 0.15) is 27.2 Å². The molecule has 1 aromatic rings. The summed E-state index contributed by atoms with van der Waals surface area (Å²) in [6.45, 7) is 8.45. The molecule has 0 aliphatic rings. The van der Waals surface area contributed by atoms with E-state index in [4.69, 9.17) is 10.5 Å². The number of nitrogen functional groups attached to an aromatic ring is 1. The number of hydrogen-bond donors (Lipinski definition) is 2. The highest BCUT2D eigenvalue weighted by molar-refractivity contribution is 5.52. The van der Waals surface area contributed by atoms with Crippen molar-refractivity contribution >= 4 is 17.6 Å². The van der Waals surface area contributed by atoms with E-state index in [1.807, 2.05) is 31.9 Å². The number of nitrogens with two attached hydrogens (primary N) is 1. The summed E-state index contributed by atoms with van der Waals surface area (Å²) >= 11 is 0. The molecular formula is C13H25N5O. The van der Waals surface area contributed by atoms with Gasteiger partial charge in [0, 0.05) is 26.2 Å². The molecule has 6 heteroatoms. The van der Waals surface area contributed by atoms with Crippen LogP contribution in [0.25, 0.3) is 0 Å². The fraction of sp³-hybridized carbons (Fsp3) is 0.692. The zero-order valence-electron chi connectivity index (χ0n) is 12.3. The van der Waals surface area contributed by atoms with Crippen molar-refractivity contribution in [2.24, 2.45) is 0 Å². The highest BCUT2D eigenvalue weighted by Gasteiger charge is 2.07. The van der Waals surface area contributed by atoms with Crippen LogP contribution in [0, 0.1) is 0 Å². The molecule has 0 aliphatic heterocycles. The molecule has 6 nitrogen and oxygen atoms in total. The van der Waals surface area contributed by atoms with E-state index in [0.717, 1.165) is 31.1 Å². The normalized spacial score (nSPS) is 10.8. The quantitative estimate of drug-likeness (QED) is 0.747. The first kappa shape index (κ1) is 15.5. The van der Waals surface area contributed by atoms with Gasteiger partial charge in [0.25, 0.3) is 0 Å². The number of hydrogen-bond acceptors (Lipinski definition) is 6. The SMILES string of the molecule is CCCNc1cc(N(C)CCOC(C)C)nc(N)n1. The molecule has 0 unspecified atom stereocenters. The lowest BCUT2D eigenvalue weighted by Gasteiger charge is -2.20. The van der Waals surface area contributed by atoms with Crippen LogP contribution in [0.4, 0.5) is 17.6 Å². The summed E-state index contributed by atoms with van der Waals surface area (Å²) in [6.07, 6.45) is 1.28. The summed E-state index contributed by atoms with van der Waals surface area (Å²) in [5, 5.41) is 3.22. The molecule has 1 heterocycles. The van der Waals surface area contributed by atoms with E-state index in [-0.39, 0.29) is 12.1 Å². The minimum atomic E-state index is 0.241. The molecule has 0 atom stereocenters. The Balaban J connectivity index is 2.62. The predicted molar refractivity (Wildman–Crippen MR) is 79.6 cm³/mol. The molecule has 0 saturated heterocycles. The molecule has 19 heavy (non-hydrogen) atoms. The summed E-state index contributed by atoms with van der Waals surface area (Å²) in [7, 11) is 1.97. The Hall–Kier alpha value is -1.56. The fourth-order valence-electron chi connectivity index (χ4n) is 1.53. The van der Waals surface area contributed by atoms with Crippen LogP contribution < -0.4 is 16.0 Å². The summed E-state index contributed by atoms with van der Waals surface area (Å²) in [6, 6.07) is 1.90. The van der Waals surface area contributed by atoms with Gasteiger partial charge in [-0.2, -0.15) is 9.97 Å². The second-order valence-corrected chi connectivity index (χ2v) is 4.74. The smallest absolute Gasteiger partial charge is 0.223 e. The minimum absolute atomic E-state index is 0.241. The Bertz CT molecular complexity index is 383. The first-order valence-corrected chi connectivity index (χ1v) is 6.74. The van der Waals surface area contributed by atoms with Gasteiger partial charge in [-0.05, 0) is 20.3 Å². The van der Waals surface area contributed by atoms with Crippen LogP contribution in [0.2, 0.25) is 0 Å². The van der Waals surface area contributed by atoms with Crippen LogP contribution in [-0.4, -0.2) is 42.8 Å². The largest absolute Gasteiger partial charge is 0.377 e. The maximum Gasteiger partial charge on any atom is 0.223 e. The van der Waals surface area contributed by atoms with Crippen molar-refractivity contribution in [3.8, 4) is 0 Å². The highest BCUT2D eigenvalue weighted by Crippen LogP contribution is 2.15. The maximum atomic E-state index is 5.73. The predicted octanol–water partition coefficient (Wildman–Crippen LogP) is 1.74. The van der Waals surface area contributed by atoms with Crippen molar-refractivity contribution in [3.05, 3.63) is 6.07 Å². The zero-order chi connectivity index (χ0) is 14.3. The molecule has 0 amide bonds. The summed E-state index contributed by atoms with van der Waals surface area (Å²) < 4.78 is 5.53. The van der Waals surface area contributed by atoms with Crippen molar-refractivity contribution in [1.82, 2.24) is 9.97 Å². The summed E-state index contributed by atoms with van der Waals surface area (Å²) in [5.41, 5.74) is 5.73. The minimum Gasteiger partial charge on any atom is -0.377 e.